The van der Waals surface area contributed by atoms with Crippen LogP contribution in [0.15, 0.2) is 42.7 Å². The number of aromatic nitrogens is 2. The van der Waals surface area contributed by atoms with Gasteiger partial charge in [0.2, 0.25) is 0 Å². The molecule has 5 N–H and O–H groups in total. The van der Waals surface area contributed by atoms with E-state index in [1.165, 1.54) is 0 Å². The zero-order chi connectivity index (χ0) is 11.8. The van der Waals surface area contributed by atoms with Crippen molar-refractivity contribution in [3.05, 3.63) is 42.7 Å². The molecule has 3 aromatic rings. The Morgan fingerprint density at radius 1 is 0.941 bits per heavy atom. The second-order valence-electron chi connectivity index (χ2n) is 3.99. The van der Waals surface area contributed by atoms with Crippen LogP contribution in [0.3, 0.4) is 0 Å². The van der Waals surface area contributed by atoms with Gasteiger partial charge in [-0.1, -0.05) is 12.1 Å². The zero-order valence-electron chi connectivity index (χ0n) is 9.14. The van der Waals surface area contributed by atoms with Crippen LogP contribution in [0.5, 0.6) is 0 Å². The number of nitrogens with one attached hydrogen (secondary N) is 1. The van der Waals surface area contributed by atoms with Gasteiger partial charge in [-0.05, 0) is 29.8 Å². The number of anilines is 2. The van der Waals surface area contributed by atoms with Crippen molar-refractivity contribution in [1.29, 1.82) is 0 Å². The zero-order valence-corrected chi connectivity index (χ0v) is 9.14. The molecule has 0 spiro atoms. The highest BCUT2D eigenvalue weighted by Gasteiger charge is 2.07. The molecule has 0 bridgehead atoms. The molecule has 0 atom stereocenters. The van der Waals surface area contributed by atoms with Gasteiger partial charge in [0.05, 0.1) is 17.4 Å². The van der Waals surface area contributed by atoms with Gasteiger partial charge in [0.25, 0.3) is 0 Å². The number of aromatic amines is 1. The third kappa shape index (κ3) is 1.59. The molecule has 4 heteroatoms. The summed E-state index contributed by atoms with van der Waals surface area (Å²) in [7, 11) is 0. The molecule has 1 aromatic heterocycles. The summed E-state index contributed by atoms with van der Waals surface area (Å²) in [6, 6.07) is 11.5. The summed E-state index contributed by atoms with van der Waals surface area (Å²) in [4.78, 5) is 7.35. The lowest BCUT2D eigenvalue weighted by Gasteiger charge is -2.05. The molecule has 17 heavy (non-hydrogen) atoms. The van der Waals surface area contributed by atoms with Gasteiger partial charge in [-0.2, -0.15) is 0 Å². The van der Waals surface area contributed by atoms with Crippen LogP contribution in [-0.4, -0.2) is 9.97 Å². The third-order valence-corrected chi connectivity index (χ3v) is 2.77. The monoisotopic (exact) mass is 224 g/mol. The molecule has 0 saturated heterocycles. The van der Waals surface area contributed by atoms with Crippen molar-refractivity contribution < 1.29 is 0 Å². The summed E-state index contributed by atoms with van der Waals surface area (Å²) < 4.78 is 0. The molecule has 0 aliphatic heterocycles. The summed E-state index contributed by atoms with van der Waals surface area (Å²) >= 11 is 0. The number of hydrogen-bond acceptors (Lipinski definition) is 3. The maximum Gasteiger partial charge on any atom is 0.0932 e. The molecule has 3 rings (SSSR count). The first-order valence-electron chi connectivity index (χ1n) is 5.32. The quantitative estimate of drug-likeness (QED) is 0.555. The van der Waals surface area contributed by atoms with E-state index >= 15 is 0 Å². The predicted molar refractivity (Wildman–Crippen MR) is 70.4 cm³/mol. The lowest BCUT2D eigenvalue weighted by molar-refractivity contribution is 1.34. The van der Waals surface area contributed by atoms with Crippen LogP contribution in [0.2, 0.25) is 0 Å². The molecule has 4 nitrogen and oxygen atoms in total. The lowest BCUT2D eigenvalue weighted by Crippen LogP contribution is -1.89. The van der Waals surface area contributed by atoms with Crippen molar-refractivity contribution in [1.82, 2.24) is 9.97 Å². The predicted octanol–water partition coefficient (Wildman–Crippen LogP) is 2.39. The number of benzene rings is 2. The molecular weight excluding hydrogens is 212 g/mol. The second-order valence-corrected chi connectivity index (χ2v) is 3.99. The summed E-state index contributed by atoms with van der Waals surface area (Å²) in [5.74, 6) is 0. The molecule has 0 amide bonds. The Morgan fingerprint density at radius 2 is 1.71 bits per heavy atom. The molecular formula is C13H12N4. The van der Waals surface area contributed by atoms with E-state index in [2.05, 4.69) is 9.97 Å². The van der Waals surface area contributed by atoms with E-state index in [1.807, 2.05) is 36.4 Å². The Hall–Kier alpha value is -2.49. The van der Waals surface area contributed by atoms with Gasteiger partial charge >= 0.3 is 0 Å². The number of hydrogen-bond donors (Lipinski definition) is 3. The van der Waals surface area contributed by atoms with E-state index < -0.39 is 0 Å². The smallest absolute Gasteiger partial charge is 0.0932 e. The number of imidazole rings is 1. The minimum atomic E-state index is 0.705. The standard InChI is InChI=1S/C13H12N4/c14-9-3-1-8(2-4-9)11-5-10(15)6-12-13(11)17-7-16-12/h1-7H,14-15H2,(H,16,17). The molecule has 0 aliphatic carbocycles. The molecule has 84 valence electrons. The fraction of sp³-hybridized carbons (Fsp3) is 0. The molecule has 1 heterocycles. The average Bonchev–Trinajstić information content (AvgIpc) is 2.77. The molecule has 2 aromatic carbocycles. The van der Waals surface area contributed by atoms with Gasteiger partial charge in [-0.15, -0.1) is 0 Å². The number of fused-ring (bicyclic) bond motifs is 1. The Bertz CT molecular complexity index is 667. The van der Waals surface area contributed by atoms with Gasteiger partial charge < -0.3 is 16.5 Å². The van der Waals surface area contributed by atoms with E-state index in [1.54, 1.807) is 6.33 Å². The van der Waals surface area contributed by atoms with E-state index in [0.717, 1.165) is 27.8 Å². The third-order valence-electron chi connectivity index (χ3n) is 2.77. The normalized spacial score (nSPS) is 10.8. The highest BCUT2D eigenvalue weighted by atomic mass is 14.9. The SMILES string of the molecule is Nc1ccc(-c2cc(N)cc3nc[nH]c23)cc1. The molecule has 0 fully saturated rings. The number of nitrogens with zero attached hydrogens (tertiary/aromatic N) is 1. The Balaban J connectivity index is 2.28. The highest BCUT2D eigenvalue weighted by molar-refractivity contribution is 5.94. The average molecular weight is 224 g/mol. The topological polar surface area (TPSA) is 80.7 Å². The molecule has 0 aliphatic rings. The molecule has 0 saturated carbocycles. The van der Waals surface area contributed by atoms with Crippen molar-refractivity contribution >= 4 is 22.4 Å². The van der Waals surface area contributed by atoms with Crippen molar-refractivity contribution in [3.8, 4) is 11.1 Å². The minimum Gasteiger partial charge on any atom is -0.399 e. The first-order chi connectivity index (χ1) is 8.24. The van der Waals surface area contributed by atoms with Crippen molar-refractivity contribution in [3.63, 3.8) is 0 Å². The molecule has 0 radical (unpaired) electrons. The fourth-order valence-corrected chi connectivity index (χ4v) is 1.96. The van der Waals surface area contributed by atoms with Crippen molar-refractivity contribution in [2.75, 3.05) is 11.5 Å². The molecule has 0 unspecified atom stereocenters. The van der Waals surface area contributed by atoms with Crippen molar-refractivity contribution in [2.45, 2.75) is 0 Å². The van der Waals surface area contributed by atoms with Gasteiger partial charge in [-0.3, -0.25) is 0 Å². The summed E-state index contributed by atoms with van der Waals surface area (Å²) in [5, 5.41) is 0. The van der Waals surface area contributed by atoms with Gasteiger partial charge in [0.15, 0.2) is 0 Å². The van der Waals surface area contributed by atoms with Crippen LogP contribution in [0, 0.1) is 0 Å². The first-order valence-corrected chi connectivity index (χ1v) is 5.32. The van der Waals surface area contributed by atoms with Crippen molar-refractivity contribution in [2.24, 2.45) is 0 Å². The van der Waals surface area contributed by atoms with Gasteiger partial charge in [0.1, 0.15) is 0 Å². The van der Waals surface area contributed by atoms with Crippen LogP contribution in [0.4, 0.5) is 11.4 Å². The van der Waals surface area contributed by atoms with Crippen LogP contribution in [0.1, 0.15) is 0 Å². The van der Waals surface area contributed by atoms with Gasteiger partial charge in [0, 0.05) is 16.9 Å². The lowest BCUT2D eigenvalue weighted by atomic mass is 10.0. The van der Waals surface area contributed by atoms with E-state index in [9.17, 15) is 0 Å². The fourth-order valence-electron chi connectivity index (χ4n) is 1.96. The summed E-state index contributed by atoms with van der Waals surface area (Å²) in [5.41, 5.74) is 17.0. The van der Waals surface area contributed by atoms with Gasteiger partial charge in [-0.25, -0.2) is 4.98 Å². The summed E-state index contributed by atoms with van der Waals surface area (Å²) in [6.45, 7) is 0. The largest absolute Gasteiger partial charge is 0.399 e. The van der Waals surface area contributed by atoms with Crippen LogP contribution < -0.4 is 11.5 Å². The summed E-state index contributed by atoms with van der Waals surface area (Å²) in [6.07, 6.45) is 1.67. The van der Waals surface area contributed by atoms with Crippen LogP contribution in [-0.2, 0) is 0 Å². The maximum atomic E-state index is 5.87. The Morgan fingerprint density at radius 3 is 2.47 bits per heavy atom. The number of rotatable bonds is 1. The second kappa shape index (κ2) is 3.52. The number of nitrogen functional groups attached to an aromatic ring is 2. The Labute approximate surface area is 98.3 Å². The number of nitrogens with two attached hydrogens (primary N) is 2. The minimum absolute atomic E-state index is 0.705. The van der Waals surface area contributed by atoms with E-state index in [0.29, 0.717) is 5.69 Å². The first kappa shape index (κ1) is 9.72. The highest BCUT2D eigenvalue weighted by Crippen LogP contribution is 2.29. The van der Waals surface area contributed by atoms with Crippen LogP contribution >= 0.6 is 0 Å². The van der Waals surface area contributed by atoms with E-state index in [-0.39, 0.29) is 0 Å². The maximum absolute atomic E-state index is 5.87. The van der Waals surface area contributed by atoms with E-state index in [4.69, 9.17) is 11.5 Å². The Kier molecular flexibility index (Phi) is 2.01. The van der Waals surface area contributed by atoms with Crippen LogP contribution in [0.25, 0.3) is 22.2 Å². The number of H-pyrrole nitrogens is 1.